The van der Waals surface area contributed by atoms with Crippen molar-refractivity contribution in [3.63, 3.8) is 0 Å². The van der Waals surface area contributed by atoms with E-state index in [0.29, 0.717) is 36.2 Å². The predicted molar refractivity (Wildman–Crippen MR) is 105 cm³/mol. The van der Waals surface area contributed by atoms with Gasteiger partial charge in [-0.05, 0) is 43.4 Å². The third kappa shape index (κ3) is 7.76. The molecule has 0 heterocycles. The van der Waals surface area contributed by atoms with Crippen LogP contribution in [0, 0.1) is 17.3 Å². The van der Waals surface area contributed by atoms with Gasteiger partial charge in [0.05, 0.1) is 0 Å². The molecule has 0 amide bonds. The van der Waals surface area contributed by atoms with Crippen molar-refractivity contribution in [2.75, 3.05) is 0 Å². The molecule has 1 rings (SSSR count). The molecule has 0 aliphatic heterocycles. The van der Waals surface area contributed by atoms with Gasteiger partial charge in [0.25, 0.3) is 0 Å². The van der Waals surface area contributed by atoms with Crippen LogP contribution in [-0.2, 0) is 9.59 Å². The van der Waals surface area contributed by atoms with Crippen LogP contribution in [0.15, 0.2) is 24.2 Å². The Hall–Kier alpha value is -1.58. The van der Waals surface area contributed by atoms with Crippen molar-refractivity contribution >= 4 is 11.6 Å². The van der Waals surface area contributed by atoms with E-state index in [0.717, 1.165) is 25.7 Å². The van der Waals surface area contributed by atoms with Crippen LogP contribution in [-0.4, -0.2) is 21.8 Å². The Kier molecular flexibility index (Phi) is 9.68. The Morgan fingerprint density at radius 1 is 1.27 bits per heavy atom. The molecular weight excluding hydrogens is 328 g/mol. The normalized spacial score (nSPS) is 21.7. The lowest BCUT2D eigenvalue weighted by molar-refractivity contribution is -0.121. The van der Waals surface area contributed by atoms with Gasteiger partial charge in [-0.2, -0.15) is 0 Å². The van der Waals surface area contributed by atoms with Crippen molar-refractivity contribution in [3.05, 3.63) is 24.2 Å². The van der Waals surface area contributed by atoms with Gasteiger partial charge in [0, 0.05) is 18.8 Å². The standard InChI is InChI=1S/C22H36O4/c1-4-5-14-22(2,3)15-8-9-17-12-13-19(24)18(17)10-6-7-11-20(25)21(26)16-23/h8-9,16-18,23,26H,4-7,10-15H2,1-3H3/b9-8+,21-16?/t17-,18+/m0/s1. The van der Waals surface area contributed by atoms with Gasteiger partial charge in [-0.1, -0.05) is 52.2 Å². The summed E-state index contributed by atoms with van der Waals surface area (Å²) in [6.07, 6.45) is 13.7. The summed E-state index contributed by atoms with van der Waals surface area (Å²) >= 11 is 0. The Morgan fingerprint density at radius 3 is 2.65 bits per heavy atom. The van der Waals surface area contributed by atoms with Crippen molar-refractivity contribution in [1.82, 2.24) is 0 Å². The summed E-state index contributed by atoms with van der Waals surface area (Å²) in [4.78, 5) is 23.6. The number of carbonyl (C=O) groups excluding carboxylic acids is 2. The number of ketones is 2. The zero-order valence-corrected chi connectivity index (χ0v) is 16.7. The van der Waals surface area contributed by atoms with E-state index in [4.69, 9.17) is 10.2 Å². The highest BCUT2D eigenvalue weighted by atomic mass is 16.3. The van der Waals surface area contributed by atoms with E-state index in [-0.39, 0.29) is 12.3 Å². The number of aliphatic hydroxyl groups is 2. The summed E-state index contributed by atoms with van der Waals surface area (Å²) in [5.74, 6) is -0.299. The van der Waals surface area contributed by atoms with Gasteiger partial charge in [0.15, 0.2) is 11.5 Å². The van der Waals surface area contributed by atoms with E-state index < -0.39 is 11.5 Å². The van der Waals surface area contributed by atoms with Crippen LogP contribution in [0.5, 0.6) is 0 Å². The summed E-state index contributed by atoms with van der Waals surface area (Å²) < 4.78 is 0. The van der Waals surface area contributed by atoms with Crippen LogP contribution in [0.4, 0.5) is 0 Å². The second-order valence-corrected chi connectivity index (χ2v) is 8.36. The fraction of sp³-hybridized carbons (Fsp3) is 0.727. The van der Waals surface area contributed by atoms with Gasteiger partial charge in [-0.3, -0.25) is 9.59 Å². The molecule has 2 N–H and O–H groups in total. The zero-order valence-electron chi connectivity index (χ0n) is 16.7. The third-order valence-electron chi connectivity index (χ3n) is 5.49. The average Bonchev–Trinajstić information content (AvgIpc) is 2.95. The molecule has 0 unspecified atom stereocenters. The second kappa shape index (κ2) is 11.2. The maximum absolute atomic E-state index is 12.2. The molecule has 4 heteroatoms. The fourth-order valence-corrected chi connectivity index (χ4v) is 3.71. The van der Waals surface area contributed by atoms with E-state index in [1.165, 1.54) is 19.3 Å². The number of aliphatic hydroxyl groups excluding tert-OH is 2. The SMILES string of the molecule is CCCCC(C)(C)C/C=C/[C@H]1CCC(=O)[C@@H]1CCCCC(=O)C(O)=CO. The summed E-state index contributed by atoms with van der Waals surface area (Å²) in [6.45, 7) is 6.82. The van der Waals surface area contributed by atoms with Crippen LogP contribution in [0.25, 0.3) is 0 Å². The fourth-order valence-electron chi connectivity index (χ4n) is 3.71. The lowest BCUT2D eigenvalue weighted by Crippen LogP contribution is -2.14. The highest BCUT2D eigenvalue weighted by Crippen LogP contribution is 2.35. The molecule has 0 spiro atoms. The molecule has 1 fully saturated rings. The first-order chi connectivity index (χ1) is 12.3. The highest BCUT2D eigenvalue weighted by molar-refractivity contribution is 5.92. The van der Waals surface area contributed by atoms with Crippen molar-refractivity contribution in [2.24, 2.45) is 17.3 Å². The molecule has 1 aliphatic rings. The summed E-state index contributed by atoms with van der Waals surface area (Å²) in [5, 5.41) is 17.7. The molecular formula is C22H36O4. The molecule has 0 aromatic heterocycles. The van der Waals surface area contributed by atoms with E-state index in [1.807, 2.05) is 0 Å². The van der Waals surface area contributed by atoms with Gasteiger partial charge in [0.2, 0.25) is 0 Å². The van der Waals surface area contributed by atoms with Gasteiger partial charge in [0.1, 0.15) is 12.0 Å². The molecule has 0 saturated heterocycles. The Bertz CT molecular complexity index is 516. The zero-order chi connectivity index (χ0) is 19.6. The van der Waals surface area contributed by atoms with Crippen molar-refractivity contribution in [3.8, 4) is 0 Å². The summed E-state index contributed by atoms with van der Waals surface area (Å²) in [5.41, 5.74) is 0.313. The monoisotopic (exact) mass is 364 g/mol. The molecule has 0 bridgehead atoms. The van der Waals surface area contributed by atoms with Crippen LogP contribution in [0.3, 0.4) is 0 Å². The van der Waals surface area contributed by atoms with Crippen LogP contribution < -0.4 is 0 Å². The quantitative estimate of drug-likeness (QED) is 0.198. The number of hydrogen-bond donors (Lipinski definition) is 2. The predicted octanol–water partition coefficient (Wildman–Crippen LogP) is 5.83. The van der Waals surface area contributed by atoms with Crippen LogP contribution in [0.1, 0.15) is 85.0 Å². The molecule has 148 valence electrons. The third-order valence-corrected chi connectivity index (χ3v) is 5.49. The van der Waals surface area contributed by atoms with E-state index in [9.17, 15) is 9.59 Å². The molecule has 0 radical (unpaired) electrons. The maximum Gasteiger partial charge on any atom is 0.200 e. The van der Waals surface area contributed by atoms with Crippen LogP contribution in [0.2, 0.25) is 0 Å². The first-order valence-electron chi connectivity index (χ1n) is 10.1. The Balaban J connectivity index is 2.43. The number of Topliss-reactive ketones (excluding diaryl/α,β-unsaturated/α-hetero) is 2. The summed E-state index contributed by atoms with van der Waals surface area (Å²) in [6, 6.07) is 0. The minimum atomic E-state index is -0.589. The van der Waals surface area contributed by atoms with Crippen molar-refractivity contribution < 1.29 is 19.8 Å². The van der Waals surface area contributed by atoms with Crippen molar-refractivity contribution in [1.29, 1.82) is 0 Å². The smallest absolute Gasteiger partial charge is 0.200 e. The maximum atomic E-state index is 12.2. The van der Waals surface area contributed by atoms with E-state index >= 15 is 0 Å². The summed E-state index contributed by atoms with van der Waals surface area (Å²) in [7, 11) is 0. The number of carbonyl (C=O) groups is 2. The first kappa shape index (κ1) is 22.5. The number of rotatable bonds is 12. The largest absolute Gasteiger partial charge is 0.512 e. The molecule has 0 aromatic rings. The molecule has 4 nitrogen and oxygen atoms in total. The Morgan fingerprint density at radius 2 is 2.00 bits per heavy atom. The minimum absolute atomic E-state index is 0.0714. The molecule has 1 aliphatic carbocycles. The lowest BCUT2D eigenvalue weighted by Gasteiger charge is -2.23. The molecule has 26 heavy (non-hydrogen) atoms. The number of hydrogen-bond acceptors (Lipinski definition) is 4. The van der Waals surface area contributed by atoms with Crippen molar-refractivity contribution in [2.45, 2.75) is 85.0 Å². The second-order valence-electron chi connectivity index (χ2n) is 8.36. The first-order valence-corrected chi connectivity index (χ1v) is 10.1. The van der Waals surface area contributed by atoms with Crippen LogP contribution >= 0.6 is 0 Å². The van der Waals surface area contributed by atoms with E-state index in [1.54, 1.807) is 0 Å². The molecule has 1 saturated carbocycles. The van der Waals surface area contributed by atoms with Gasteiger partial charge < -0.3 is 10.2 Å². The Labute approximate surface area is 158 Å². The number of allylic oxidation sites excluding steroid dienone is 3. The molecule has 0 aromatic carbocycles. The minimum Gasteiger partial charge on any atom is -0.512 e. The van der Waals surface area contributed by atoms with E-state index in [2.05, 4.69) is 32.9 Å². The topological polar surface area (TPSA) is 74.6 Å². The number of unbranched alkanes of at least 4 members (excludes halogenated alkanes) is 2. The lowest BCUT2D eigenvalue weighted by atomic mass is 9.83. The van der Waals surface area contributed by atoms with Gasteiger partial charge in [-0.25, -0.2) is 0 Å². The highest BCUT2D eigenvalue weighted by Gasteiger charge is 2.32. The average molecular weight is 365 g/mol. The molecule has 2 atom stereocenters. The van der Waals surface area contributed by atoms with Gasteiger partial charge in [-0.15, -0.1) is 0 Å². The van der Waals surface area contributed by atoms with Gasteiger partial charge >= 0.3 is 0 Å².